The van der Waals surface area contributed by atoms with Gasteiger partial charge in [-0.05, 0) is 18.4 Å². The molecule has 0 aliphatic heterocycles. The third-order valence-electron chi connectivity index (χ3n) is 2.12. The van der Waals surface area contributed by atoms with Gasteiger partial charge in [-0.3, -0.25) is 4.98 Å². The summed E-state index contributed by atoms with van der Waals surface area (Å²) in [5.74, 6) is 6.52. The van der Waals surface area contributed by atoms with E-state index in [1.54, 1.807) is 23.7 Å². The van der Waals surface area contributed by atoms with E-state index in [0.29, 0.717) is 11.6 Å². The first-order chi connectivity index (χ1) is 7.79. The maximum absolute atomic E-state index is 5.27. The third-order valence-corrected chi connectivity index (χ3v) is 3.17. The number of nitrogen functional groups attached to an aromatic ring is 1. The van der Waals surface area contributed by atoms with Crippen LogP contribution in [0.4, 0.5) is 11.6 Å². The largest absolute Gasteiger partial charge is 0.361 e. The Morgan fingerprint density at radius 1 is 1.38 bits per heavy atom. The van der Waals surface area contributed by atoms with E-state index in [0.717, 1.165) is 0 Å². The predicted molar refractivity (Wildman–Crippen MR) is 66.2 cm³/mol. The molecule has 2 rings (SSSR count). The Kier molecular flexibility index (Phi) is 3.33. The number of rotatable bonds is 4. The zero-order valence-electron chi connectivity index (χ0n) is 8.84. The fourth-order valence-corrected chi connectivity index (χ4v) is 2.07. The minimum atomic E-state index is 0.210. The van der Waals surface area contributed by atoms with Crippen LogP contribution in [0.3, 0.4) is 0 Å². The molecule has 0 saturated carbocycles. The van der Waals surface area contributed by atoms with Crippen LogP contribution in [-0.4, -0.2) is 9.97 Å². The van der Waals surface area contributed by atoms with E-state index in [2.05, 4.69) is 39.1 Å². The van der Waals surface area contributed by atoms with Crippen molar-refractivity contribution in [3.05, 3.63) is 34.8 Å². The number of hydrogen-bond acceptors (Lipinski definition) is 6. The highest BCUT2D eigenvalue weighted by atomic mass is 32.1. The van der Waals surface area contributed by atoms with Crippen LogP contribution in [0.15, 0.2) is 29.9 Å². The van der Waals surface area contributed by atoms with Crippen LogP contribution in [0.2, 0.25) is 0 Å². The average molecular weight is 235 g/mol. The second-order valence-corrected chi connectivity index (χ2v) is 4.29. The summed E-state index contributed by atoms with van der Waals surface area (Å²) in [6, 6.07) is 4.32. The van der Waals surface area contributed by atoms with Gasteiger partial charge in [-0.25, -0.2) is 10.8 Å². The molecule has 0 aliphatic rings. The van der Waals surface area contributed by atoms with Gasteiger partial charge in [0.2, 0.25) is 0 Å². The zero-order chi connectivity index (χ0) is 11.4. The molecule has 4 N–H and O–H groups in total. The maximum atomic E-state index is 5.27. The predicted octanol–water partition coefficient (Wildman–Crippen LogP) is 2.00. The van der Waals surface area contributed by atoms with Crippen molar-refractivity contribution < 1.29 is 0 Å². The van der Waals surface area contributed by atoms with Crippen molar-refractivity contribution >= 4 is 23.0 Å². The van der Waals surface area contributed by atoms with E-state index >= 15 is 0 Å². The first kappa shape index (κ1) is 10.8. The summed E-state index contributed by atoms with van der Waals surface area (Å²) in [5.41, 5.74) is 2.46. The average Bonchev–Trinajstić information content (AvgIpc) is 2.83. The molecule has 5 nitrogen and oxygen atoms in total. The first-order valence-corrected chi connectivity index (χ1v) is 5.76. The SMILES string of the molecule is CC(Nc1cncc(NN)n1)c1cccs1. The molecular formula is C10H13N5S. The Labute approximate surface area is 97.7 Å². The monoisotopic (exact) mass is 235 g/mol. The maximum Gasteiger partial charge on any atom is 0.160 e. The van der Waals surface area contributed by atoms with Crippen LogP contribution in [0.1, 0.15) is 17.8 Å². The molecule has 0 amide bonds. The van der Waals surface area contributed by atoms with E-state index in [1.165, 1.54) is 4.88 Å². The van der Waals surface area contributed by atoms with Gasteiger partial charge < -0.3 is 10.7 Å². The van der Waals surface area contributed by atoms with E-state index in [4.69, 9.17) is 5.84 Å². The minimum absolute atomic E-state index is 0.210. The lowest BCUT2D eigenvalue weighted by molar-refractivity contribution is 0.892. The number of nitrogens with zero attached hydrogens (tertiary/aromatic N) is 2. The van der Waals surface area contributed by atoms with Gasteiger partial charge in [0, 0.05) is 4.88 Å². The number of anilines is 2. The Balaban J connectivity index is 2.08. The molecule has 84 valence electrons. The molecule has 0 aliphatic carbocycles. The number of hydrogen-bond donors (Lipinski definition) is 3. The summed E-state index contributed by atoms with van der Waals surface area (Å²) in [5, 5.41) is 5.31. The summed E-state index contributed by atoms with van der Waals surface area (Å²) in [6.07, 6.45) is 3.24. The lowest BCUT2D eigenvalue weighted by Crippen LogP contribution is -2.11. The van der Waals surface area contributed by atoms with E-state index < -0.39 is 0 Å². The van der Waals surface area contributed by atoms with Crippen molar-refractivity contribution in [2.45, 2.75) is 13.0 Å². The van der Waals surface area contributed by atoms with Crippen molar-refractivity contribution in [2.75, 3.05) is 10.7 Å². The Hall–Kier alpha value is -1.66. The second-order valence-electron chi connectivity index (χ2n) is 3.32. The first-order valence-electron chi connectivity index (χ1n) is 4.88. The molecule has 2 heterocycles. The third kappa shape index (κ3) is 2.47. The number of thiophene rings is 1. The summed E-state index contributed by atoms with van der Waals surface area (Å²) >= 11 is 1.71. The number of nitrogens with one attached hydrogen (secondary N) is 2. The normalized spacial score (nSPS) is 12.1. The van der Waals surface area contributed by atoms with Crippen LogP contribution >= 0.6 is 11.3 Å². The lowest BCUT2D eigenvalue weighted by atomic mass is 10.3. The van der Waals surface area contributed by atoms with Crippen molar-refractivity contribution in [3.8, 4) is 0 Å². The lowest BCUT2D eigenvalue weighted by Gasteiger charge is -2.12. The molecule has 1 atom stereocenters. The second kappa shape index (κ2) is 4.91. The van der Waals surface area contributed by atoms with Gasteiger partial charge in [0.05, 0.1) is 18.4 Å². The molecule has 0 radical (unpaired) electrons. The van der Waals surface area contributed by atoms with E-state index in [1.807, 2.05) is 6.07 Å². The molecule has 0 bridgehead atoms. The Morgan fingerprint density at radius 3 is 2.88 bits per heavy atom. The quantitative estimate of drug-likeness (QED) is 0.558. The van der Waals surface area contributed by atoms with Crippen LogP contribution in [-0.2, 0) is 0 Å². The molecule has 6 heteroatoms. The highest BCUT2D eigenvalue weighted by Gasteiger charge is 2.07. The van der Waals surface area contributed by atoms with Gasteiger partial charge in [-0.1, -0.05) is 6.07 Å². The van der Waals surface area contributed by atoms with Crippen LogP contribution in [0.25, 0.3) is 0 Å². The van der Waals surface area contributed by atoms with E-state index in [9.17, 15) is 0 Å². The summed E-state index contributed by atoms with van der Waals surface area (Å²) in [6.45, 7) is 2.08. The molecule has 0 aromatic carbocycles. The van der Waals surface area contributed by atoms with Crippen molar-refractivity contribution in [1.29, 1.82) is 0 Å². The summed E-state index contributed by atoms with van der Waals surface area (Å²) in [4.78, 5) is 9.52. The van der Waals surface area contributed by atoms with Crippen LogP contribution < -0.4 is 16.6 Å². The zero-order valence-corrected chi connectivity index (χ0v) is 9.66. The van der Waals surface area contributed by atoms with Gasteiger partial charge in [-0.15, -0.1) is 11.3 Å². The number of hydrazine groups is 1. The van der Waals surface area contributed by atoms with Gasteiger partial charge in [0.15, 0.2) is 5.82 Å². The Morgan fingerprint density at radius 2 is 2.19 bits per heavy atom. The van der Waals surface area contributed by atoms with Gasteiger partial charge in [0.1, 0.15) is 5.82 Å². The van der Waals surface area contributed by atoms with Gasteiger partial charge in [0.25, 0.3) is 0 Å². The molecule has 2 aromatic rings. The summed E-state index contributed by atoms with van der Waals surface area (Å²) in [7, 11) is 0. The van der Waals surface area contributed by atoms with Gasteiger partial charge >= 0.3 is 0 Å². The highest BCUT2D eigenvalue weighted by molar-refractivity contribution is 7.10. The number of nitrogens with two attached hydrogens (primary N) is 1. The summed E-state index contributed by atoms with van der Waals surface area (Å²) < 4.78 is 0. The molecule has 1 unspecified atom stereocenters. The highest BCUT2D eigenvalue weighted by Crippen LogP contribution is 2.21. The van der Waals surface area contributed by atoms with Crippen molar-refractivity contribution in [2.24, 2.45) is 5.84 Å². The van der Waals surface area contributed by atoms with Crippen LogP contribution in [0, 0.1) is 0 Å². The molecule has 16 heavy (non-hydrogen) atoms. The van der Waals surface area contributed by atoms with Crippen molar-refractivity contribution in [1.82, 2.24) is 9.97 Å². The fraction of sp³-hybridized carbons (Fsp3) is 0.200. The fourth-order valence-electron chi connectivity index (χ4n) is 1.34. The van der Waals surface area contributed by atoms with Crippen LogP contribution in [0.5, 0.6) is 0 Å². The minimum Gasteiger partial charge on any atom is -0.361 e. The molecule has 0 fully saturated rings. The smallest absolute Gasteiger partial charge is 0.160 e. The number of aromatic nitrogens is 2. The Bertz CT molecular complexity index is 442. The molecule has 0 saturated heterocycles. The standard InChI is InChI=1S/C10H13N5S/c1-7(8-3-2-4-16-8)13-9-5-12-6-10(14-9)15-11/h2-7H,11H2,1H3,(H2,13,14,15). The molecule has 0 spiro atoms. The van der Waals surface area contributed by atoms with E-state index in [-0.39, 0.29) is 6.04 Å². The van der Waals surface area contributed by atoms with Crippen molar-refractivity contribution in [3.63, 3.8) is 0 Å². The molecule has 2 aromatic heterocycles. The van der Waals surface area contributed by atoms with Gasteiger partial charge in [-0.2, -0.15) is 0 Å². The topological polar surface area (TPSA) is 75.9 Å². The molecular weight excluding hydrogens is 222 g/mol.